The second kappa shape index (κ2) is 6.31. The number of aryl methyl sites for hydroxylation is 1. The minimum Gasteiger partial charge on any atom is -0.351 e. The van der Waals surface area contributed by atoms with E-state index in [1.807, 2.05) is 25.1 Å². The van der Waals surface area contributed by atoms with Crippen molar-refractivity contribution in [2.24, 2.45) is 0 Å². The van der Waals surface area contributed by atoms with Crippen LogP contribution in [0.1, 0.15) is 27.9 Å². The third-order valence-corrected chi connectivity index (χ3v) is 3.59. The van der Waals surface area contributed by atoms with Gasteiger partial charge in [0.1, 0.15) is 4.88 Å². The highest BCUT2D eigenvalue weighted by Crippen LogP contribution is 2.13. The zero-order valence-electron chi connectivity index (χ0n) is 10.3. The number of carbonyl (C=O) groups excluding carboxylic acids is 1. The maximum Gasteiger partial charge on any atom is 0.263 e. The summed E-state index contributed by atoms with van der Waals surface area (Å²) >= 11 is 1.41. The molecule has 0 radical (unpaired) electrons. The zero-order chi connectivity index (χ0) is 12.8. The molecular formula is C14H16N2OS. The second-order valence-electron chi connectivity index (χ2n) is 3.97. The van der Waals surface area contributed by atoms with E-state index in [0.717, 1.165) is 23.4 Å². The number of carbonyl (C=O) groups is 1. The van der Waals surface area contributed by atoms with E-state index >= 15 is 0 Å². The maximum absolute atomic E-state index is 11.9. The smallest absolute Gasteiger partial charge is 0.263 e. The molecule has 0 bridgehead atoms. The Balaban J connectivity index is 1.86. The molecule has 4 heteroatoms. The van der Waals surface area contributed by atoms with Crippen molar-refractivity contribution in [2.75, 3.05) is 6.54 Å². The molecule has 3 nitrogen and oxygen atoms in total. The number of nitrogens with zero attached hydrogens (tertiary/aromatic N) is 1. The molecule has 2 rings (SSSR count). The zero-order valence-corrected chi connectivity index (χ0v) is 11.2. The molecule has 0 saturated heterocycles. The Morgan fingerprint density at radius 3 is 2.83 bits per heavy atom. The SMILES string of the molecule is CCc1ncsc1C(=O)NCCc1ccccc1. The Bertz CT molecular complexity index is 508. The number of nitrogens with one attached hydrogen (secondary N) is 1. The maximum atomic E-state index is 11.9. The van der Waals surface area contributed by atoms with Crippen LogP contribution in [0.5, 0.6) is 0 Å². The van der Waals surface area contributed by atoms with Gasteiger partial charge in [0.05, 0.1) is 11.2 Å². The van der Waals surface area contributed by atoms with Crippen LogP contribution in [-0.4, -0.2) is 17.4 Å². The number of amides is 1. The van der Waals surface area contributed by atoms with Crippen molar-refractivity contribution < 1.29 is 4.79 Å². The predicted molar refractivity (Wildman–Crippen MR) is 74.0 cm³/mol. The minimum absolute atomic E-state index is 0.00900. The van der Waals surface area contributed by atoms with Gasteiger partial charge in [0.2, 0.25) is 0 Å². The largest absolute Gasteiger partial charge is 0.351 e. The van der Waals surface area contributed by atoms with Crippen molar-refractivity contribution in [3.05, 3.63) is 52.0 Å². The Labute approximate surface area is 111 Å². The molecule has 0 saturated carbocycles. The third kappa shape index (κ3) is 3.17. The number of hydrogen-bond acceptors (Lipinski definition) is 3. The minimum atomic E-state index is -0.00900. The van der Waals surface area contributed by atoms with E-state index < -0.39 is 0 Å². The molecule has 1 aromatic heterocycles. The van der Waals surface area contributed by atoms with Gasteiger partial charge in [-0.3, -0.25) is 4.79 Å². The van der Waals surface area contributed by atoms with Gasteiger partial charge in [0.15, 0.2) is 0 Å². The average molecular weight is 260 g/mol. The molecule has 1 aromatic carbocycles. The van der Waals surface area contributed by atoms with Crippen molar-refractivity contribution >= 4 is 17.2 Å². The lowest BCUT2D eigenvalue weighted by molar-refractivity contribution is 0.0957. The number of thiazole rings is 1. The van der Waals surface area contributed by atoms with Crippen LogP contribution in [0.3, 0.4) is 0 Å². The standard InChI is InChI=1S/C14H16N2OS/c1-2-12-13(18-10-16-12)14(17)15-9-8-11-6-4-3-5-7-11/h3-7,10H,2,8-9H2,1H3,(H,15,17). The lowest BCUT2D eigenvalue weighted by atomic mass is 10.1. The third-order valence-electron chi connectivity index (χ3n) is 2.72. The van der Waals surface area contributed by atoms with Crippen LogP contribution < -0.4 is 5.32 Å². The summed E-state index contributed by atoms with van der Waals surface area (Å²) in [7, 11) is 0. The summed E-state index contributed by atoms with van der Waals surface area (Å²) in [4.78, 5) is 16.9. The number of benzene rings is 1. The van der Waals surface area contributed by atoms with Crippen LogP contribution in [0.15, 0.2) is 35.8 Å². The fraction of sp³-hybridized carbons (Fsp3) is 0.286. The molecule has 1 amide bonds. The van der Waals surface area contributed by atoms with E-state index in [2.05, 4.69) is 22.4 Å². The van der Waals surface area contributed by atoms with E-state index in [9.17, 15) is 4.79 Å². The van der Waals surface area contributed by atoms with E-state index in [1.165, 1.54) is 16.9 Å². The summed E-state index contributed by atoms with van der Waals surface area (Å²) < 4.78 is 0. The molecule has 94 valence electrons. The Morgan fingerprint density at radius 2 is 2.11 bits per heavy atom. The summed E-state index contributed by atoms with van der Waals surface area (Å²) in [6.45, 7) is 2.67. The van der Waals surface area contributed by atoms with Crippen LogP contribution in [0.4, 0.5) is 0 Å². The quantitative estimate of drug-likeness (QED) is 0.898. The molecule has 1 N–H and O–H groups in total. The highest BCUT2D eigenvalue weighted by molar-refractivity contribution is 7.11. The fourth-order valence-electron chi connectivity index (χ4n) is 1.75. The van der Waals surface area contributed by atoms with Gasteiger partial charge in [-0.05, 0) is 18.4 Å². The van der Waals surface area contributed by atoms with Gasteiger partial charge in [-0.2, -0.15) is 0 Å². The summed E-state index contributed by atoms with van der Waals surface area (Å²) in [5.74, 6) is -0.00900. The van der Waals surface area contributed by atoms with Crippen LogP contribution in [-0.2, 0) is 12.8 Å². The van der Waals surface area contributed by atoms with E-state index in [4.69, 9.17) is 0 Å². The van der Waals surface area contributed by atoms with Crippen molar-refractivity contribution in [1.82, 2.24) is 10.3 Å². The van der Waals surface area contributed by atoms with E-state index in [1.54, 1.807) is 5.51 Å². The fourth-order valence-corrected chi connectivity index (χ4v) is 2.55. The molecule has 2 aromatic rings. The topological polar surface area (TPSA) is 42.0 Å². The molecule has 0 fully saturated rings. The molecule has 0 aliphatic rings. The first-order chi connectivity index (χ1) is 8.81. The highest BCUT2D eigenvalue weighted by Gasteiger charge is 2.12. The lowest BCUT2D eigenvalue weighted by Gasteiger charge is -2.04. The Kier molecular flexibility index (Phi) is 4.47. The van der Waals surface area contributed by atoms with Crippen molar-refractivity contribution in [3.8, 4) is 0 Å². The van der Waals surface area contributed by atoms with Gasteiger partial charge in [-0.1, -0.05) is 37.3 Å². The van der Waals surface area contributed by atoms with Gasteiger partial charge in [-0.25, -0.2) is 4.98 Å². The van der Waals surface area contributed by atoms with Crippen molar-refractivity contribution in [3.63, 3.8) is 0 Å². The molecule has 0 aliphatic heterocycles. The summed E-state index contributed by atoms with van der Waals surface area (Å²) in [5, 5.41) is 2.94. The Morgan fingerprint density at radius 1 is 1.33 bits per heavy atom. The molecule has 1 heterocycles. The second-order valence-corrected chi connectivity index (χ2v) is 4.83. The lowest BCUT2D eigenvalue weighted by Crippen LogP contribution is -2.25. The van der Waals surface area contributed by atoms with Crippen molar-refractivity contribution in [1.29, 1.82) is 0 Å². The summed E-state index contributed by atoms with van der Waals surface area (Å²) in [6.07, 6.45) is 1.65. The molecule has 0 aliphatic carbocycles. The summed E-state index contributed by atoms with van der Waals surface area (Å²) in [6, 6.07) is 10.1. The Hall–Kier alpha value is -1.68. The molecule has 0 atom stereocenters. The monoisotopic (exact) mass is 260 g/mol. The molecule has 18 heavy (non-hydrogen) atoms. The summed E-state index contributed by atoms with van der Waals surface area (Å²) in [5.41, 5.74) is 3.85. The van der Waals surface area contributed by atoms with Gasteiger partial charge in [0.25, 0.3) is 5.91 Å². The highest BCUT2D eigenvalue weighted by atomic mass is 32.1. The molecular weight excluding hydrogens is 244 g/mol. The first-order valence-electron chi connectivity index (χ1n) is 6.05. The van der Waals surface area contributed by atoms with E-state index in [0.29, 0.717) is 6.54 Å². The predicted octanol–water partition coefficient (Wildman–Crippen LogP) is 2.68. The first-order valence-corrected chi connectivity index (χ1v) is 6.93. The number of aromatic nitrogens is 1. The van der Waals surface area contributed by atoms with Crippen LogP contribution in [0.25, 0.3) is 0 Å². The number of rotatable bonds is 5. The molecule has 0 unspecified atom stereocenters. The van der Waals surface area contributed by atoms with Crippen LogP contribution in [0, 0.1) is 0 Å². The molecule has 0 spiro atoms. The number of hydrogen-bond donors (Lipinski definition) is 1. The normalized spacial score (nSPS) is 10.3. The van der Waals surface area contributed by atoms with Crippen LogP contribution >= 0.6 is 11.3 Å². The van der Waals surface area contributed by atoms with Gasteiger partial charge < -0.3 is 5.32 Å². The van der Waals surface area contributed by atoms with Gasteiger partial charge in [-0.15, -0.1) is 11.3 Å². The van der Waals surface area contributed by atoms with E-state index in [-0.39, 0.29) is 5.91 Å². The average Bonchev–Trinajstić information content (AvgIpc) is 2.88. The van der Waals surface area contributed by atoms with Crippen molar-refractivity contribution in [2.45, 2.75) is 19.8 Å². The van der Waals surface area contributed by atoms with Gasteiger partial charge >= 0.3 is 0 Å². The van der Waals surface area contributed by atoms with Crippen LogP contribution in [0.2, 0.25) is 0 Å². The first kappa shape index (κ1) is 12.8. The van der Waals surface area contributed by atoms with Gasteiger partial charge in [0, 0.05) is 6.54 Å².